The van der Waals surface area contributed by atoms with E-state index >= 15 is 0 Å². The second-order valence-corrected chi connectivity index (χ2v) is 5.90. The van der Waals surface area contributed by atoms with Crippen molar-refractivity contribution in [3.8, 4) is 0 Å². The van der Waals surface area contributed by atoms with Gasteiger partial charge in [-0.15, -0.1) is 0 Å². The van der Waals surface area contributed by atoms with Crippen LogP contribution >= 0.6 is 0 Å². The molecule has 0 heterocycles. The van der Waals surface area contributed by atoms with Gasteiger partial charge in [0.15, 0.2) is 5.84 Å². The summed E-state index contributed by atoms with van der Waals surface area (Å²) in [4.78, 5) is 11.9. The summed E-state index contributed by atoms with van der Waals surface area (Å²) in [6.07, 6.45) is 3.57. The van der Waals surface area contributed by atoms with E-state index in [1.807, 2.05) is 13.8 Å². The Kier molecular flexibility index (Phi) is 8.36. The van der Waals surface area contributed by atoms with E-state index in [1.54, 1.807) is 6.26 Å². The third-order valence-electron chi connectivity index (χ3n) is 2.59. The molecule has 1 amide bonds. The van der Waals surface area contributed by atoms with Crippen molar-refractivity contribution in [1.82, 2.24) is 5.32 Å². The SMILES string of the molecule is CCCC(C(=O)NC(C)CCS(C)=O)C(N)=NO. The predicted molar refractivity (Wildman–Crippen MR) is 73.0 cm³/mol. The van der Waals surface area contributed by atoms with Gasteiger partial charge in [-0.2, -0.15) is 0 Å². The van der Waals surface area contributed by atoms with Crippen LogP contribution in [0.1, 0.15) is 33.1 Å². The van der Waals surface area contributed by atoms with Gasteiger partial charge in [0, 0.05) is 28.9 Å². The van der Waals surface area contributed by atoms with Gasteiger partial charge in [-0.3, -0.25) is 9.00 Å². The third kappa shape index (κ3) is 6.58. The molecule has 0 saturated carbocycles. The number of carbonyl (C=O) groups excluding carboxylic acids is 1. The Labute approximate surface area is 110 Å². The smallest absolute Gasteiger partial charge is 0.231 e. The predicted octanol–water partition coefficient (Wildman–Crippen LogP) is 0.422. The standard InChI is InChI=1S/C11H23N3O3S/c1-4-5-9(10(12)14-16)11(15)13-8(2)6-7-18(3)17/h8-9,16H,4-7H2,1-3H3,(H2,12,14)(H,13,15). The summed E-state index contributed by atoms with van der Waals surface area (Å²) in [6, 6.07) is -0.0766. The first-order chi connectivity index (χ1) is 8.42. The van der Waals surface area contributed by atoms with Crippen LogP contribution in [0.3, 0.4) is 0 Å². The molecule has 18 heavy (non-hydrogen) atoms. The minimum atomic E-state index is -0.865. The largest absolute Gasteiger partial charge is 0.409 e. The normalized spacial score (nSPS) is 16.9. The van der Waals surface area contributed by atoms with Crippen LogP contribution in [0.25, 0.3) is 0 Å². The lowest BCUT2D eigenvalue weighted by molar-refractivity contribution is -0.123. The Morgan fingerprint density at radius 2 is 2.11 bits per heavy atom. The van der Waals surface area contributed by atoms with Crippen molar-refractivity contribution >= 4 is 22.5 Å². The zero-order chi connectivity index (χ0) is 14.1. The van der Waals surface area contributed by atoms with Crippen molar-refractivity contribution in [3.05, 3.63) is 0 Å². The number of hydrogen-bond acceptors (Lipinski definition) is 4. The summed E-state index contributed by atoms with van der Waals surface area (Å²) >= 11 is 0. The van der Waals surface area contributed by atoms with Crippen LogP contribution in [0.2, 0.25) is 0 Å². The van der Waals surface area contributed by atoms with Gasteiger partial charge in [-0.25, -0.2) is 0 Å². The van der Waals surface area contributed by atoms with Gasteiger partial charge >= 0.3 is 0 Å². The van der Waals surface area contributed by atoms with E-state index in [2.05, 4.69) is 10.5 Å². The second kappa shape index (κ2) is 8.91. The first-order valence-electron chi connectivity index (χ1n) is 6.00. The van der Waals surface area contributed by atoms with Crippen LogP contribution in [-0.4, -0.2) is 39.2 Å². The van der Waals surface area contributed by atoms with Crippen molar-refractivity contribution in [1.29, 1.82) is 0 Å². The molecule has 0 aliphatic rings. The molecule has 7 heteroatoms. The van der Waals surface area contributed by atoms with E-state index in [-0.39, 0.29) is 17.8 Å². The number of hydrogen-bond donors (Lipinski definition) is 3. The molecule has 0 radical (unpaired) electrons. The first-order valence-corrected chi connectivity index (χ1v) is 7.72. The maximum absolute atomic E-state index is 11.9. The molecule has 0 aromatic carbocycles. The molecule has 4 N–H and O–H groups in total. The number of nitrogens with two attached hydrogens (primary N) is 1. The number of amides is 1. The van der Waals surface area contributed by atoms with E-state index < -0.39 is 16.7 Å². The van der Waals surface area contributed by atoms with Crippen LogP contribution < -0.4 is 11.1 Å². The maximum atomic E-state index is 11.9. The molecular formula is C11H23N3O3S. The Balaban J connectivity index is 4.37. The highest BCUT2D eigenvalue weighted by Gasteiger charge is 2.23. The number of carbonyl (C=O) groups is 1. The monoisotopic (exact) mass is 277 g/mol. The Morgan fingerprint density at radius 3 is 2.56 bits per heavy atom. The molecule has 0 aliphatic heterocycles. The number of rotatable bonds is 8. The summed E-state index contributed by atoms with van der Waals surface area (Å²) in [5.41, 5.74) is 5.49. The molecule has 0 saturated heterocycles. The Bertz CT molecular complexity index is 321. The highest BCUT2D eigenvalue weighted by atomic mass is 32.2. The van der Waals surface area contributed by atoms with E-state index in [1.165, 1.54) is 0 Å². The van der Waals surface area contributed by atoms with Gasteiger partial charge in [0.2, 0.25) is 5.91 Å². The summed E-state index contributed by atoms with van der Waals surface area (Å²) in [6.45, 7) is 3.77. The molecular weight excluding hydrogens is 254 g/mol. The van der Waals surface area contributed by atoms with Gasteiger partial charge < -0.3 is 16.3 Å². The average Bonchev–Trinajstić information content (AvgIpc) is 2.32. The molecule has 106 valence electrons. The number of nitrogens with one attached hydrogen (secondary N) is 1. The number of nitrogens with zero attached hydrogens (tertiary/aromatic N) is 1. The van der Waals surface area contributed by atoms with Crippen molar-refractivity contribution in [3.63, 3.8) is 0 Å². The molecule has 0 aromatic rings. The van der Waals surface area contributed by atoms with E-state index in [0.29, 0.717) is 18.6 Å². The van der Waals surface area contributed by atoms with Gasteiger partial charge in [0.1, 0.15) is 0 Å². The van der Waals surface area contributed by atoms with Crippen molar-refractivity contribution in [2.45, 2.75) is 39.2 Å². The number of oxime groups is 1. The molecule has 0 aromatic heterocycles. The number of amidine groups is 1. The Hall–Kier alpha value is -1.11. The molecule has 0 fully saturated rings. The Morgan fingerprint density at radius 1 is 1.50 bits per heavy atom. The second-order valence-electron chi connectivity index (χ2n) is 4.34. The van der Waals surface area contributed by atoms with Crippen LogP contribution in [0, 0.1) is 5.92 Å². The third-order valence-corrected chi connectivity index (χ3v) is 3.40. The highest BCUT2D eigenvalue weighted by molar-refractivity contribution is 7.84. The van der Waals surface area contributed by atoms with E-state index in [0.717, 1.165) is 6.42 Å². The quantitative estimate of drug-likeness (QED) is 0.259. The molecule has 0 spiro atoms. The van der Waals surface area contributed by atoms with Crippen LogP contribution in [0.15, 0.2) is 5.16 Å². The molecule has 0 bridgehead atoms. The minimum absolute atomic E-state index is 0.0689. The molecule has 0 aliphatic carbocycles. The molecule has 0 rings (SSSR count). The fourth-order valence-corrected chi connectivity index (χ4v) is 2.22. The summed E-state index contributed by atoms with van der Waals surface area (Å²) < 4.78 is 11.0. The summed E-state index contributed by atoms with van der Waals surface area (Å²) in [5.74, 6) is -0.375. The van der Waals surface area contributed by atoms with Crippen molar-refractivity contribution < 1.29 is 14.2 Å². The maximum Gasteiger partial charge on any atom is 0.231 e. The topological polar surface area (TPSA) is 105 Å². The van der Waals surface area contributed by atoms with Gasteiger partial charge in [-0.05, 0) is 19.8 Å². The lowest BCUT2D eigenvalue weighted by Gasteiger charge is -2.18. The molecule has 3 atom stereocenters. The molecule has 3 unspecified atom stereocenters. The lowest BCUT2D eigenvalue weighted by Crippen LogP contribution is -2.43. The average molecular weight is 277 g/mol. The van der Waals surface area contributed by atoms with Crippen LogP contribution in [0.4, 0.5) is 0 Å². The zero-order valence-electron chi connectivity index (χ0n) is 11.2. The fourth-order valence-electron chi connectivity index (χ4n) is 1.53. The van der Waals surface area contributed by atoms with E-state index in [4.69, 9.17) is 10.9 Å². The van der Waals surface area contributed by atoms with Crippen LogP contribution in [0.5, 0.6) is 0 Å². The van der Waals surface area contributed by atoms with Gasteiger partial charge in [-0.1, -0.05) is 18.5 Å². The van der Waals surface area contributed by atoms with Gasteiger partial charge in [0.05, 0.1) is 5.92 Å². The summed E-state index contributed by atoms with van der Waals surface area (Å²) in [7, 11) is -0.865. The van der Waals surface area contributed by atoms with E-state index in [9.17, 15) is 9.00 Å². The lowest BCUT2D eigenvalue weighted by atomic mass is 10.0. The summed E-state index contributed by atoms with van der Waals surface area (Å²) in [5, 5.41) is 14.3. The first kappa shape index (κ1) is 16.9. The van der Waals surface area contributed by atoms with Crippen molar-refractivity contribution in [2.24, 2.45) is 16.8 Å². The van der Waals surface area contributed by atoms with Crippen LogP contribution in [-0.2, 0) is 15.6 Å². The molecule has 6 nitrogen and oxygen atoms in total. The fraction of sp³-hybridized carbons (Fsp3) is 0.818. The minimum Gasteiger partial charge on any atom is -0.409 e. The van der Waals surface area contributed by atoms with Gasteiger partial charge in [0.25, 0.3) is 0 Å². The zero-order valence-corrected chi connectivity index (χ0v) is 12.0. The highest BCUT2D eigenvalue weighted by Crippen LogP contribution is 2.08. The van der Waals surface area contributed by atoms with Crippen molar-refractivity contribution in [2.75, 3.05) is 12.0 Å².